The highest BCUT2D eigenvalue weighted by molar-refractivity contribution is 7.22. The number of halogens is 1. The number of carbonyl (C=O) groups excluding carboxylic acids is 2. The minimum atomic E-state index is -0.519. The van der Waals surface area contributed by atoms with Crippen LogP contribution < -0.4 is 10.1 Å². The number of rotatable bonds is 5. The fraction of sp³-hybridized carbons (Fsp3) is 0.211. The molecule has 0 atom stereocenters. The Kier molecular flexibility index (Phi) is 5.89. The van der Waals surface area contributed by atoms with E-state index in [1.807, 2.05) is 12.1 Å². The van der Waals surface area contributed by atoms with Crippen molar-refractivity contribution in [3.05, 3.63) is 44.1 Å². The molecule has 0 spiro atoms. The SMILES string of the molecule is CCOC(=O)c1sc(NC(=O)c2sc3ccc(OC)cc3c2Cl)c(C#N)c1C. The number of hydrogen-bond donors (Lipinski definition) is 1. The van der Waals surface area contributed by atoms with Crippen LogP contribution in [0.3, 0.4) is 0 Å². The fourth-order valence-corrected chi connectivity index (χ4v) is 5.04. The van der Waals surface area contributed by atoms with Crippen LogP contribution in [0, 0.1) is 18.3 Å². The molecule has 0 aliphatic heterocycles. The zero-order chi connectivity index (χ0) is 20.4. The van der Waals surface area contributed by atoms with Crippen molar-refractivity contribution in [1.29, 1.82) is 5.26 Å². The van der Waals surface area contributed by atoms with Crippen LogP contribution in [0.4, 0.5) is 5.00 Å². The number of nitrogens with zero attached hydrogens (tertiary/aromatic N) is 1. The summed E-state index contributed by atoms with van der Waals surface area (Å²) in [7, 11) is 1.55. The van der Waals surface area contributed by atoms with Crippen LogP contribution in [0.1, 0.15) is 37.4 Å². The molecule has 0 saturated carbocycles. The summed E-state index contributed by atoms with van der Waals surface area (Å²) in [6, 6.07) is 7.42. The minimum absolute atomic E-state index is 0.223. The van der Waals surface area contributed by atoms with Crippen LogP contribution in [-0.2, 0) is 4.74 Å². The van der Waals surface area contributed by atoms with Crippen molar-refractivity contribution < 1.29 is 19.1 Å². The summed E-state index contributed by atoms with van der Waals surface area (Å²) in [5, 5.41) is 13.5. The van der Waals surface area contributed by atoms with Gasteiger partial charge in [-0.2, -0.15) is 5.26 Å². The molecule has 1 aromatic carbocycles. The molecule has 0 aliphatic rings. The summed E-state index contributed by atoms with van der Waals surface area (Å²) in [6.07, 6.45) is 0. The lowest BCUT2D eigenvalue weighted by Crippen LogP contribution is -2.10. The van der Waals surface area contributed by atoms with Gasteiger partial charge < -0.3 is 14.8 Å². The maximum absolute atomic E-state index is 12.8. The molecule has 6 nitrogen and oxygen atoms in total. The Hall–Kier alpha value is -2.60. The number of nitriles is 1. The third-order valence-corrected chi connectivity index (χ3v) is 6.85. The van der Waals surface area contributed by atoms with Gasteiger partial charge in [-0.25, -0.2) is 4.79 Å². The molecule has 1 N–H and O–H groups in total. The number of nitrogens with one attached hydrogen (secondary N) is 1. The number of fused-ring (bicyclic) bond motifs is 1. The van der Waals surface area contributed by atoms with Crippen molar-refractivity contribution in [3.8, 4) is 11.8 Å². The number of amides is 1. The summed E-state index contributed by atoms with van der Waals surface area (Å²) < 4.78 is 11.0. The molecule has 144 valence electrons. The van der Waals surface area contributed by atoms with Gasteiger partial charge in [0.05, 0.1) is 24.3 Å². The molecule has 2 aromatic heterocycles. The Balaban J connectivity index is 1.96. The number of thiophene rings is 2. The van der Waals surface area contributed by atoms with Crippen LogP contribution in [0.15, 0.2) is 18.2 Å². The smallest absolute Gasteiger partial charge is 0.348 e. The number of esters is 1. The standard InChI is InChI=1S/C19H15ClN2O4S2/c1-4-26-19(24)15-9(2)12(8-21)18(28-15)22-17(23)16-14(20)11-7-10(25-3)5-6-13(11)27-16/h5-7H,4H2,1-3H3,(H,22,23). The Morgan fingerprint density at radius 1 is 1.29 bits per heavy atom. The molecule has 28 heavy (non-hydrogen) atoms. The van der Waals surface area contributed by atoms with E-state index in [9.17, 15) is 14.9 Å². The van der Waals surface area contributed by atoms with Gasteiger partial charge in [0, 0.05) is 10.1 Å². The van der Waals surface area contributed by atoms with Crippen LogP contribution in [-0.4, -0.2) is 25.6 Å². The van der Waals surface area contributed by atoms with Crippen LogP contribution in [0.25, 0.3) is 10.1 Å². The van der Waals surface area contributed by atoms with Gasteiger partial charge >= 0.3 is 5.97 Å². The van der Waals surface area contributed by atoms with Crippen molar-refractivity contribution in [2.75, 3.05) is 19.0 Å². The van der Waals surface area contributed by atoms with Crippen molar-refractivity contribution >= 4 is 61.2 Å². The molecular formula is C19H15ClN2O4S2. The number of benzene rings is 1. The molecule has 0 unspecified atom stereocenters. The normalized spacial score (nSPS) is 10.5. The van der Waals surface area contributed by atoms with Gasteiger partial charge in [-0.1, -0.05) is 11.6 Å². The Labute approximate surface area is 174 Å². The highest BCUT2D eigenvalue weighted by Crippen LogP contribution is 2.39. The molecule has 0 aliphatic carbocycles. The first-order valence-electron chi connectivity index (χ1n) is 8.19. The van der Waals surface area contributed by atoms with Gasteiger partial charge in [-0.15, -0.1) is 22.7 Å². The summed E-state index contributed by atoms with van der Waals surface area (Å²) in [4.78, 5) is 25.5. The molecule has 3 rings (SSSR count). The van der Waals surface area contributed by atoms with E-state index in [0.717, 1.165) is 16.0 Å². The quantitative estimate of drug-likeness (QED) is 0.555. The van der Waals surface area contributed by atoms with Crippen molar-refractivity contribution in [2.24, 2.45) is 0 Å². The monoisotopic (exact) mass is 434 g/mol. The molecule has 2 heterocycles. The van der Waals surface area contributed by atoms with Crippen molar-refractivity contribution in [2.45, 2.75) is 13.8 Å². The zero-order valence-corrected chi connectivity index (χ0v) is 17.6. The maximum atomic E-state index is 12.8. The van der Waals surface area contributed by atoms with E-state index in [-0.39, 0.29) is 12.2 Å². The number of hydrogen-bond acceptors (Lipinski definition) is 7. The van der Waals surface area contributed by atoms with E-state index in [1.54, 1.807) is 33.1 Å². The maximum Gasteiger partial charge on any atom is 0.348 e. The highest BCUT2D eigenvalue weighted by atomic mass is 35.5. The second kappa shape index (κ2) is 8.19. The number of carbonyl (C=O) groups is 2. The van der Waals surface area contributed by atoms with Crippen molar-refractivity contribution in [3.63, 3.8) is 0 Å². The van der Waals surface area contributed by atoms with Gasteiger partial charge in [-0.05, 0) is 37.6 Å². The number of methoxy groups -OCH3 is 1. The third kappa shape index (κ3) is 3.56. The van der Waals surface area contributed by atoms with E-state index in [4.69, 9.17) is 21.1 Å². The summed E-state index contributed by atoms with van der Waals surface area (Å²) >= 11 is 8.66. The minimum Gasteiger partial charge on any atom is -0.497 e. The lowest BCUT2D eigenvalue weighted by molar-refractivity contribution is 0.0531. The number of ether oxygens (including phenoxy) is 2. The lowest BCUT2D eigenvalue weighted by atomic mass is 10.2. The Morgan fingerprint density at radius 2 is 2.04 bits per heavy atom. The first-order valence-corrected chi connectivity index (χ1v) is 10.2. The molecular weight excluding hydrogens is 420 g/mol. The first-order chi connectivity index (χ1) is 13.4. The third-order valence-electron chi connectivity index (χ3n) is 3.99. The Morgan fingerprint density at radius 3 is 2.68 bits per heavy atom. The molecule has 0 fully saturated rings. The summed E-state index contributed by atoms with van der Waals surface area (Å²) in [5.41, 5.74) is 0.716. The lowest BCUT2D eigenvalue weighted by Gasteiger charge is -2.02. The van der Waals surface area contributed by atoms with Gasteiger partial charge in [0.2, 0.25) is 0 Å². The van der Waals surface area contributed by atoms with Crippen LogP contribution in [0.2, 0.25) is 5.02 Å². The Bertz CT molecular complexity index is 1130. The molecule has 1 amide bonds. The number of anilines is 1. The van der Waals surface area contributed by atoms with Crippen LogP contribution in [0.5, 0.6) is 5.75 Å². The average Bonchev–Trinajstić information content (AvgIpc) is 3.18. The van der Waals surface area contributed by atoms with Crippen LogP contribution >= 0.6 is 34.3 Å². The first kappa shape index (κ1) is 20.1. The average molecular weight is 435 g/mol. The molecule has 0 bridgehead atoms. The van der Waals surface area contributed by atoms with Gasteiger partial charge in [0.15, 0.2) is 0 Å². The van der Waals surface area contributed by atoms with Gasteiger partial charge in [-0.3, -0.25) is 4.79 Å². The van der Waals surface area contributed by atoms with Gasteiger partial charge in [0.1, 0.15) is 26.6 Å². The molecule has 0 radical (unpaired) electrons. The second-order valence-electron chi connectivity index (χ2n) is 5.65. The predicted molar refractivity (Wildman–Crippen MR) is 111 cm³/mol. The van der Waals surface area contributed by atoms with Gasteiger partial charge in [0.25, 0.3) is 5.91 Å². The fourth-order valence-electron chi connectivity index (χ4n) is 2.61. The highest BCUT2D eigenvalue weighted by Gasteiger charge is 2.24. The molecule has 9 heteroatoms. The second-order valence-corrected chi connectivity index (χ2v) is 8.10. The van der Waals surface area contributed by atoms with E-state index in [1.165, 1.54) is 11.3 Å². The molecule has 3 aromatic rings. The van der Waals surface area contributed by atoms with E-state index in [2.05, 4.69) is 5.32 Å². The van der Waals surface area contributed by atoms with E-state index < -0.39 is 11.9 Å². The van der Waals surface area contributed by atoms with Crippen molar-refractivity contribution in [1.82, 2.24) is 0 Å². The molecule has 0 saturated heterocycles. The predicted octanol–water partition coefficient (Wildman–Crippen LogP) is 5.23. The van der Waals surface area contributed by atoms with E-state index in [0.29, 0.717) is 36.5 Å². The summed E-state index contributed by atoms with van der Waals surface area (Å²) in [6.45, 7) is 3.57. The van der Waals surface area contributed by atoms with E-state index >= 15 is 0 Å². The zero-order valence-electron chi connectivity index (χ0n) is 15.2. The topological polar surface area (TPSA) is 88.4 Å². The summed E-state index contributed by atoms with van der Waals surface area (Å²) in [5.74, 6) is -0.328. The largest absolute Gasteiger partial charge is 0.497 e.